The Morgan fingerprint density at radius 3 is 2.71 bits per heavy atom. The van der Waals surface area contributed by atoms with Gasteiger partial charge in [0.2, 0.25) is 0 Å². The van der Waals surface area contributed by atoms with Crippen LogP contribution >= 0.6 is 11.8 Å². The number of carboxylic acids is 1. The maximum Gasteiger partial charge on any atom is 0.441 e. The van der Waals surface area contributed by atoms with Crippen molar-refractivity contribution >= 4 is 17.7 Å². The number of thioether (sulfide) groups is 1. The first kappa shape index (κ1) is 14.6. The van der Waals surface area contributed by atoms with Gasteiger partial charge in [0.1, 0.15) is 0 Å². The maximum atomic E-state index is 11.8. The normalized spacial score (nSPS) is 25.8. The second-order valence-corrected chi connectivity index (χ2v) is 5.31. The van der Waals surface area contributed by atoms with Crippen LogP contribution in [0, 0.1) is 5.92 Å². The third-order valence-electron chi connectivity index (χ3n) is 2.82. The molecule has 0 aromatic rings. The number of aliphatic carboxylic acids is 1. The summed E-state index contributed by atoms with van der Waals surface area (Å²) in [4.78, 5) is 10.8. The van der Waals surface area contributed by atoms with Crippen molar-refractivity contribution in [1.29, 1.82) is 0 Å². The molecule has 3 nitrogen and oxygen atoms in total. The molecule has 17 heavy (non-hydrogen) atoms. The number of hydrogen-bond acceptors (Lipinski definition) is 3. The molecule has 2 atom stereocenters. The van der Waals surface area contributed by atoms with E-state index in [-0.39, 0.29) is 36.0 Å². The summed E-state index contributed by atoms with van der Waals surface area (Å²) in [5, 5.41) is 11.8. The van der Waals surface area contributed by atoms with Crippen LogP contribution < -0.4 is 5.32 Å². The zero-order valence-corrected chi connectivity index (χ0v) is 10.1. The first-order chi connectivity index (χ1) is 7.88. The molecule has 0 aliphatic heterocycles. The van der Waals surface area contributed by atoms with Gasteiger partial charge in [-0.1, -0.05) is 6.42 Å². The Morgan fingerprint density at radius 2 is 2.12 bits per heavy atom. The largest absolute Gasteiger partial charge is 0.481 e. The summed E-state index contributed by atoms with van der Waals surface area (Å²) in [6.45, 7) is 0.265. The van der Waals surface area contributed by atoms with Crippen molar-refractivity contribution in [3.8, 4) is 0 Å². The molecular formula is C10H16F3NO2S. The Hall–Kier alpha value is -0.430. The summed E-state index contributed by atoms with van der Waals surface area (Å²) >= 11 is -0.0496. The maximum absolute atomic E-state index is 11.8. The molecule has 0 aromatic heterocycles. The Labute approximate surface area is 102 Å². The molecule has 7 heteroatoms. The van der Waals surface area contributed by atoms with E-state index in [0.717, 1.165) is 12.8 Å². The monoisotopic (exact) mass is 271 g/mol. The molecule has 0 amide bonds. The molecule has 0 spiro atoms. The third kappa shape index (κ3) is 6.16. The Kier molecular flexibility index (Phi) is 5.58. The summed E-state index contributed by atoms with van der Waals surface area (Å²) in [7, 11) is 0. The molecule has 1 rings (SSSR count). The van der Waals surface area contributed by atoms with Crippen molar-refractivity contribution in [1.82, 2.24) is 5.32 Å². The Bertz CT molecular complexity index is 260. The molecule has 0 bridgehead atoms. The molecule has 0 heterocycles. The summed E-state index contributed by atoms with van der Waals surface area (Å²) < 4.78 is 35.5. The van der Waals surface area contributed by atoms with Crippen LogP contribution in [0.1, 0.15) is 25.7 Å². The van der Waals surface area contributed by atoms with E-state index in [1.807, 2.05) is 0 Å². The number of nitrogens with one attached hydrogen (secondary N) is 1. The number of alkyl halides is 3. The molecule has 1 fully saturated rings. The minimum absolute atomic E-state index is 0.0300. The van der Waals surface area contributed by atoms with Gasteiger partial charge in [-0.15, -0.1) is 0 Å². The topological polar surface area (TPSA) is 49.3 Å². The van der Waals surface area contributed by atoms with E-state index >= 15 is 0 Å². The van der Waals surface area contributed by atoms with Gasteiger partial charge in [-0.05, 0) is 31.0 Å². The van der Waals surface area contributed by atoms with Gasteiger partial charge in [-0.2, -0.15) is 13.2 Å². The van der Waals surface area contributed by atoms with E-state index < -0.39 is 11.5 Å². The zero-order chi connectivity index (χ0) is 12.9. The van der Waals surface area contributed by atoms with Crippen molar-refractivity contribution in [2.75, 3.05) is 12.3 Å². The van der Waals surface area contributed by atoms with Gasteiger partial charge < -0.3 is 10.4 Å². The van der Waals surface area contributed by atoms with E-state index in [4.69, 9.17) is 5.11 Å². The summed E-state index contributed by atoms with van der Waals surface area (Å²) in [5.41, 5.74) is -4.18. The molecule has 2 N–H and O–H groups in total. The molecule has 0 saturated heterocycles. The van der Waals surface area contributed by atoms with Gasteiger partial charge >= 0.3 is 11.5 Å². The quantitative estimate of drug-likeness (QED) is 0.754. The van der Waals surface area contributed by atoms with Gasteiger partial charge in [0.15, 0.2) is 0 Å². The lowest BCUT2D eigenvalue weighted by atomic mass is 9.86. The Balaban J connectivity index is 2.17. The third-order valence-corrected chi connectivity index (χ3v) is 3.56. The molecular weight excluding hydrogens is 255 g/mol. The predicted octanol–water partition coefficient (Wildman–Crippen LogP) is 2.47. The fraction of sp³-hybridized carbons (Fsp3) is 0.900. The predicted molar refractivity (Wildman–Crippen MR) is 59.9 cm³/mol. The zero-order valence-electron chi connectivity index (χ0n) is 9.29. The second-order valence-electron chi connectivity index (χ2n) is 4.15. The van der Waals surface area contributed by atoms with Crippen molar-refractivity contribution in [3.63, 3.8) is 0 Å². The van der Waals surface area contributed by atoms with Gasteiger partial charge in [-0.25, -0.2) is 0 Å². The minimum atomic E-state index is -4.18. The van der Waals surface area contributed by atoms with Crippen molar-refractivity contribution in [2.45, 2.75) is 37.2 Å². The number of halogens is 3. The first-order valence-corrected chi connectivity index (χ1v) is 6.54. The van der Waals surface area contributed by atoms with Crippen LogP contribution in [-0.2, 0) is 4.79 Å². The average Bonchev–Trinajstić information content (AvgIpc) is 2.23. The lowest BCUT2D eigenvalue weighted by molar-refractivity contribution is -0.143. The van der Waals surface area contributed by atoms with Crippen molar-refractivity contribution < 1.29 is 23.1 Å². The van der Waals surface area contributed by atoms with Gasteiger partial charge in [0.25, 0.3) is 0 Å². The van der Waals surface area contributed by atoms with Crippen LogP contribution in [0.4, 0.5) is 13.2 Å². The average molecular weight is 271 g/mol. The summed E-state index contributed by atoms with van der Waals surface area (Å²) in [5.74, 6) is -1.18. The highest BCUT2D eigenvalue weighted by Gasteiger charge is 2.29. The van der Waals surface area contributed by atoms with Gasteiger partial charge in [0, 0.05) is 18.3 Å². The van der Waals surface area contributed by atoms with Gasteiger partial charge in [0.05, 0.1) is 5.92 Å². The summed E-state index contributed by atoms with van der Waals surface area (Å²) in [6, 6.07) is 0.0404. The lowest BCUT2D eigenvalue weighted by Gasteiger charge is -2.27. The van der Waals surface area contributed by atoms with Crippen LogP contribution in [0.15, 0.2) is 0 Å². The number of hydrogen-bond donors (Lipinski definition) is 2. The van der Waals surface area contributed by atoms with E-state index in [0.29, 0.717) is 12.8 Å². The molecule has 0 aromatic carbocycles. The van der Waals surface area contributed by atoms with Crippen LogP contribution in [-0.4, -0.2) is 34.9 Å². The number of rotatable bonds is 5. The molecule has 1 aliphatic carbocycles. The standard InChI is InChI=1S/C10H16F3NO2S/c11-10(12,13)17-5-4-14-8-3-1-2-7(6-8)9(15)16/h7-8,14H,1-6H2,(H,15,16). The SMILES string of the molecule is O=C(O)C1CCCC(NCCSC(F)(F)F)C1. The molecule has 100 valence electrons. The first-order valence-electron chi connectivity index (χ1n) is 5.55. The van der Waals surface area contributed by atoms with Crippen molar-refractivity contribution in [3.05, 3.63) is 0 Å². The smallest absolute Gasteiger partial charge is 0.441 e. The van der Waals surface area contributed by atoms with Crippen LogP contribution in [0.25, 0.3) is 0 Å². The summed E-state index contributed by atoms with van der Waals surface area (Å²) in [6.07, 6.45) is 2.86. The Morgan fingerprint density at radius 1 is 1.41 bits per heavy atom. The number of carbonyl (C=O) groups is 1. The highest BCUT2D eigenvalue weighted by atomic mass is 32.2. The van der Waals surface area contributed by atoms with E-state index in [1.54, 1.807) is 0 Å². The van der Waals surface area contributed by atoms with E-state index in [9.17, 15) is 18.0 Å². The van der Waals surface area contributed by atoms with Crippen molar-refractivity contribution in [2.24, 2.45) is 5.92 Å². The molecule has 1 saturated carbocycles. The second kappa shape index (κ2) is 6.49. The lowest BCUT2D eigenvalue weighted by Crippen LogP contribution is -2.37. The molecule has 2 unspecified atom stereocenters. The molecule has 1 aliphatic rings. The van der Waals surface area contributed by atoms with Crippen LogP contribution in [0.5, 0.6) is 0 Å². The number of carboxylic acid groups (broad SMARTS) is 1. The fourth-order valence-corrected chi connectivity index (χ4v) is 2.48. The highest BCUT2D eigenvalue weighted by molar-refractivity contribution is 8.00. The van der Waals surface area contributed by atoms with Gasteiger partial charge in [-0.3, -0.25) is 4.79 Å². The van der Waals surface area contributed by atoms with Crippen LogP contribution in [0.2, 0.25) is 0 Å². The fourth-order valence-electron chi connectivity index (χ4n) is 2.03. The minimum Gasteiger partial charge on any atom is -0.481 e. The van der Waals surface area contributed by atoms with Crippen LogP contribution in [0.3, 0.4) is 0 Å². The van der Waals surface area contributed by atoms with E-state index in [1.165, 1.54) is 0 Å². The highest BCUT2D eigenvalue weighted by Crippen LogP contribution is 2.29. The molecule has 0 radical (unpaired) electrons. The van der Waals surface area contributed by atoms with E-state index in [2.05, 4.69) is 5.32 Å².